The van der Waals surface area contributed by atoms with Gasteiger partial charge in [-0.2, -0.15) is 0 Å². The number of ether oxygens (including phenoxy) is 2. The molecule has 6 heteroatoms. The predicted octanol–water partition coefficient (Wildman–Crippen LogP) is 2.04. The summed E-state index contributed by atoms with van der Waals surface area (Å²) < 4.78 is 11.6. The smallest absolute Gasteiger partial charge is 0.188 e. The zero-order chi connectivity index (χ0) is 14.3. The summed E-state index contributed by atoms with van der Waals surface area (Å²) in [7, 11) is 0. The number of nitrogens with zero attached hydrogens (tertiary/aromatic N) is 1. The van der Waals surface area contributed by atoms with Gasteiger partial charge in [-0.15, -0.1) is 24.0 Å². The minimum atomic E-state index is 0. The number of fused-ring (bicyclic) bond motifs is 2. The van der Waals surface area contributed by atoms with Crippen LogP contribution >= 0.6 is 24.0 Å². The van der Waals surface area contributed by atoms with Gasteiger partial charge in [-0.05, 0) is 32.1 Å². The lowest BCUT2D eigenvalue weighted by atomic mass is 9.54. The predicted molar refractivity (Wildman–Crippen MR) is 96.6 cm³/mol. The van der Waals surface area contributed by atoms with E-state index in [2.05, 4.69) is 10.3 Å². The maximum Gasteiger partial charge on any atom is 0.188 e. The molecular weight excluding hydrogens is 393 g/mol. The minimum Gasteiger partial charge on any atom is -0.377 e. The number of guanidine groups is 1. The molecule has 0 aromatic rings. The van der Waals surface area contributed by atoms with Crippen LogP contribution in [0.2, 0.25) is 0 Å². The van der Waals surface area contributed by atoms with Crippen LogP contribution in [0.15, 0.2) is 4.99 Å². The third kappa shape index (κ3) is 2.75. The topological polar surface area (TPSA) is 68.9 Å². The highest BCUT2D eigenvalue weighted by Crippen LogP contribution is 2.60. The van der Waals surface area contributed by atoms with E-state index in [1.807, 2.05) is 0 Å². The van der Waals surface area contributed by atoms with Crippen LogP contribution in [-0.4, -0.2) is 44.0 Å². The van der Waals surface area contributed by atoms with Crippen molar-refractivity contribution in [3.05, 3.63) is 0 Å². The Kier molecular flexibility index (Phi) is 5.19. The lowest BCUT2D eigenvalue weighted by Gasteiger charge is -2.57. The molecule has 22 heavy (non-hydrogen) atoms. The van der Waals surface area contributed by atoms with Gasteiger partial charge in [0, 0.05) is 30.6 Å². The number of nitrogens with two attached hydrogens (primary N) is 1. The van der Waals surface area contributed by atoms with Crippen molar-refractivity contribution in [3.63, 3.8) is 0 Å². The zero-order valence-electron chi connectivity index (χ0n) is 13.1. The van der Waals surface area contributed by atoms with E-state index >= 15 is 0 Å². The van der Waals surface area contributed by atoms with E-state index in [9.17, 15) is 0 Å². The average molecular weight is 421 g/mol. The molecule has 4 fully saturated rings. The summed E-state index contributed by atoms with van der Waals surface area (Å²) in [5.41, 5.74) is 6.48. The fourth-order valence-corrected chi connectivity index (χ4v) is 5.10. The number of halogens is 1. The van der Waals surface area contributed by atoms with E-state index in [0.29, 0.717) is 36.0 Å². The van der Waals surface area contributed by atoms with E-state index in [0.717, 1.165) is 26.1 Å². The van der Waals surface area contributed by atoms with E-state index in [1.165, 1.54) is 32.1 Å². The number of hydrogen-bond donors (Lipinski definition) is 2. The second kappa shape index (κ2) is 6.81. The van der Waals surface area contributed by atoms with Crippen molar-refractivity contribution in [3.8, 4) is 0 Å². The summed E-state index contributed by atoms with van der Waals surface area (Å²) in [5.74, 6) is 1.24. The van der Waals surface area contributed by atoms with Crippen LogP contribution in [0.25, 0.3) is 0 Å². The van der Waals surface area contributed by atoms with Crippen LogP contribution in [-0.2, 0) is 9.47 Å². The van der Waals surface area contributed by atoms with Crippen molar-refractivity contribution in [1.82, 2.24) is 5.32 Å². The fraction of sp³-hybridized carbons (Fsp3) is 0.938. The molecule has 2 aliphatic heterocycles. The molecule has 2 aliphatic carbocycles. The van der Waals surface area contributed by atoms with Crippen molar-refractivity contribution >= 4 is 29.9 Å². The highest BCUT2D eigenvalue weighted by molar-refractivity contribution is 14.0. The van der Waals surface area contributed by atoms with Gasteiger partial charge in [0.2, 0.25) is 0 Å². The van der Waals surface area contributed by atoms with Gasteiger partial charge in [0.25, 0.3) is 0 Å². The standard InChI is InChI=1S/C16H27N3O2.HI/c17-15(18-10-11-4-3-8-20-11)19-13-12-5-9-21-14(12)16(13)6-1-2-7-16;/h11-14H,1-10H2,(H3,17,18,19);1H. The normalized spacial score (nSPS) is 39.4. The third-order valence-corrected chi connectivity index (χ3v) is 6.08. The van der Waals surface area contributed by atoms with Crippen molar-refractivity contribution in [2.45, 2.75) is 63.2 Å². The maximum absolute atomic E-state index is 6.14. The molecule has 2 heterocycles. The van der Waals surface area contributed by atoms with E-state index in [4.69, 9.17) is 15.2 Å². The monoisotopic (exact) mass is 421 g/mol. The Hall–Kier alpha value is -0.0800. The molecule has 0 bridgehead atoms. The average Bonchev–Trinajstić information content (AvgIpc) is 3.22. The number of rotatable bonds is 3. The van der Waals surface area contributed by atoms with Gasteiger partial charge >= 0.3 is 0 Å². The first-order valence-corrected chi connectivity index (χ1v) is 8.59. The number of nitrogens with one attached hydrogen (secondary N) is 1. The molecule has 2 saturated heterocycles. The van der Waals surface area contributed by atoms with Crippen molar-refractivity contribution < 1.29 is 9.47 Å². The van der Waals surface area contributed by atoms with Crippen molar-refractivity contribution in [2.75, 3.05) is 19.8 Å². The SMILES string of the molecule is I.NC(=NCC1CCCO1)NC1C2CCOC2C12CCCC2. The third-order valence-electron chi connectivity index (χ3n) is 6.08. The molecule has 4 rings (SSSR count). The Balaban J connectivity index is 0.00000144. The van der Waals surface area contributed by atoms with Gasteiger partial charge in [0.15, 0.2) is 5.96 Å². The first-order valence-electron chi connectivity index (χ1n) is 8.59. The van der Waals surface area contributed by atoms with Gasteiger partial charge in [-0.1, -0.05) is 12.8 Å². The van der Waals surface area contributed by atoms with E-state index < -0.39 is 0 Å². The largest absolute Gasteiger partial charge is 0.377 e. The Labute approximate surface area is 149 Å². The Morgan fingerprint density at radius 2 is 1.95 bits per heavy atom. The van der Waals surface area contributed by atoms with Gasteiger partial charge in [-0.25, -0.2) is 0 Å². The first-order chi connectivity index (χ1) is 10.3. The molecule has 126 valence electrons. The molecule has 4 atom stereocenters. The lowest BCUT2D eigenvalue weighted by Crippen LogP contribution is -2.69. The summed E-state index contributed by atoms with van der Waals surface area (Å²) >= 11 is 0. The molecule has 4 aliphatic rings. The van der Waals surface area contributed by atoms with Gasteiger partial charge in [0.05, 0.1) is 18.8 Å². The molecule has 0 radical (unpaired) electrons. The van der Waals surface area contributed by atoms with Gasteiger partial charge < -0.3 is 20.5 Å². The quantitative estimate of drug-likeness (QED) is 0.416. The molecule has 2 saturated carbocycles. The van der Waals surface area contributed by atoms with Crippen LogP contribution in [0.5, 0.6) is 0 Å². The molecular formula is C16H28IN3O2. The molecule has 5 nitrogen and oxygen atoms in total. The van der Waals surface area contributed by atoms with Gasteiger partial charge in [-0.3, -0.25) is 4.99 Å². The summed E-state index contributed by atoms with van der Waals surface area (Å²) in [6.07, 6.45) is 9.41. The van der Waals surface area contributed by atoms with E-state index in [-0.39, 0.29) is 30.1 Å². The van der Waals surface area contributed by atoms with Crippen molar-refractivity contribution in [2.24, 2.45) is 22.1 Å². The van der Waals surface area contributed by atoms with Crippen LogP contribution in [0, 0.1) is 11.3 Å². The van der Waals surface area contributed by atoms with E-state index in [1.54, 1.807) is 0 Å². The minimum absolute atomic E-state index is 0. The zero-order valence-corrected chi connectivity index (χ0v) is 15.5. The molecule has 0 amide bonds. The highest BCUT2D eigenvalue weighted by atomic mass is 127. The highest BCUT2D eigenvalue weighted by Gasteiger charge is 2.65. The van der Waals surface area contributed by atoms with Crippen molar-refractivity contribution in [1.29, 1.82) is 0 Å². The second-order valence-electron chi connectivity index (χ2n) is 7.17. The number of hydrogen-bond acceptors (Lipinski definition) is 3. The van der Waals surface area contributed by atoms with Crippen LogP contribution in [0.1, 0.15) is 44.9 Å². The molecule has 4 unspecified atom stereocenters. The molecule has 0 aromatic carbocycles. The molecule has 0 aromatic heterocycles. The summed E-state index contributed by atoms with van der Waals surface area (Å²) in [5, 5.41) is 3.54. The summed E-state index contributed by atoms with van der Waals surface area (Å²) in [6, 6.07) is 0.473. The Morgan fingerprint density at radius 3 is 2.68 bits per heavy atom. The Bertz CT molecular complexity index is 420. The Morgan fingerprint density at radius 1 is 1.14 bits per heavy atom. The number of aliphatic imine (C=N–C) groups is 1. The van der Waals surface area contributed by atoms with Gasteiger partial charge in [0.1, 0.15) is 0 Å². The maximum atomic E-state index is 6.14. The lowest BCUT2D eigenvalue weighted by molar-refractivity contribution is -0.124. The first kappa shape index (κ1) is 16.8. The summed E-state index contributed by atoms with van der Waals surface area (Å²) in [4.78, 5) is 4.51. The fourth-order valence-electron chi connectivity index (χ4n) is 5.10. The van der Waals surface area contributed by atoms with Crippen LogP contribution in [0.4, 0.5) is 0 Å². The van der Waals surface area contributed by atoms with Crippen LogP contribution < -0.4 is 11.1 Å². The molecule has 1 spiro atoms. The molecule has 3 N–H and O–H groups in total. The summed E-state index contributed by atoms with van der Waals surface area (Å²) in [6.45, 7) is 2.49. The van der Waals surface area contributed by atoms with Crippen LogP contribution in [0.3, 0.4) is 0 Å². The second-order valence-corrected chi connectivity index (χ2v) is 7.17.